The SMILES string of the molecule is Cc1sc2nc(SCc3ccccn3)n(C3CCCC3)c(=O)c2c1C. The summed E-state index contributed by atoms with van der Waals surface area (Å²) in [7, 11) is 0. The van der Waals surface area contributed by atoms with Gasteiger partial charge in [-0.2, -0.15) is 0 Å². The highest BCUT2D eigenvalue weighted by Crippen LogP contribution is 2.35. The maximum atomic E-state index is 13.3. The van der Waals surface area contributed by atoms with Crippen LogP contribution < -0.4 is 5.56 Å². The largest absolute Gasteiger partial charge is 0.284 e. The molecule has 1 saturated carbocycles. The third kappa shape index (κ3) is 3.13. The molecule has 0 amide bonds. The second kappa shape index (κ2) is 6.92. The van der Waals surface area contributed by atoms with Gasteiger partial charge in [-0.05, 0) is 44.4 Å². The minimum atomic E-state index is 0.141. The first kappa shape index (κ1) is 16.8. The monoisotopic (exact) mass is 371 g/mol. The summed E-state index contributed by atoms with van der Waals surface area (Å²) in [5.41, 5.74) is 2.24. The van der Waals surface area contributed by atoms with E-state index in [2.05, 4.69) is 11.9 Å². The number of thioether (sulfide) groups is 1. The Morgan fingerprint density at radius 2 is 2.08 bits per heavy atom. The van der Waals surface area contributed by atoms with Gasteiger partial charge in [-0.3, -0.25) is 14.3 Å². The molecule has 3 heterocycles. The molecule has 4 rings (SSSR count). The third-order valence-corrected chi connectivity index (χ3v) is 7.06. The molecule has 6 heteroatoms. The predicted molar refractivity (Wildman–Crippen MR) is 105 cm³/mol. The molecule has 3 aromatic heterocycles. The van der Waals surface area contributed by atoms with Crippen molar-refractivity contribution in [3.8, 4) is 0 Å². The first-order valence-electron chi connectivity index (χ1n) is 8.70. The van der Waals surface area contributed by atoms with Crippen LogP contribution in [0.5, 0.6) is 0 Å². The highest BCUT2D eigenvalue weighted by atomic mass is 32.2. The molecule has 0 unspecified atom stereocenters. The molecule has 0 radical (unpaired) electrons. The molecule has 130 valence electrons. The Labute approximate surface area is 155 Å². The van der Waals surface area contributed by atoms with Crippen LogP contribution in [0.15, 0.2) is 34.3 Å². The number of aromatic nitrogens is 3. The van der Waals surface area contributed by atoms with Gasteiger partial charge < -0.3 is 0 Å². The van der Waals surface area contributed by atoms with Crippen molar-refractivity contribution >= 4 is 33.3 Å². The van der Waals surface area contributed by atoms with E-state index >= 15 is 0 Å². The van der Waals surface area contributed by atoms with Crippen molar-refractivity contribution in [1.82, 2.24) is 14.5 Å². The van der Waals surface area contributed by atoms with Crippen LogP contribution in [0.4, 0.5) is 0 Å². The van der Waals surface area contributed by atoms with E-state index in [4.69, 9.17) is 4.98 Å². The van der Waals surface area contributed by atoms with Crippen molar-refractivity contribution in [3.05, 3.63) is 50.9 Å². The summed E-state index contributed by atoms with van der Waals surface area (Å²) in [6, 6.07) is 6.22. The molecule has 0 spiro atoms. The van der Waals surface area contributed by atoms with Gasteiger partial charge in [0.15, 0.2) is 5.16 Å². The highest BCUT2D eigenvalue weighted by Gasteiger charge is 2.24. The lowest BCUT2D eigenvalue weighted by molar-refractivity contribution is 0.458. The zero-order valence-electron chi connectivity index (χ0n) is 14.5. The first-order chi connectivity index (χ1) is 12.1. The van der Waals surface area contributed by atoms with Gasteiger partial charge in [-0.25, -0.2) is 4.98 Å². The molecular formula is C19H21N3OS2. The van der Waals surface area contributed by atoms with Crippen LogP contribution in [0, 0.1) is 13.8 Å². The van der Waals surface area contributed by atoms with Crippen LogP contribution >= 0.6 is 23.1 Å². The molecule has 0 bridgehead atoms. The molecule has 0 saturated heterocycles. The Morgan fingerprint density at radius 1 is 1.28 bits per heavy atom. The van der Waals surface area contributed by atoms with Crippen LogP contribution in [0.3, 0.4) is 0 Å². The maximum absolute atomic E-state index is 13.3. The fourth-order valence-electron chi connectivity index (χ4n) is 3.50. The summed E-state index contributed by atoms with van der Waals surface area (Å²) in [4.78, 5) is 24.6. The molecule has 0 aromatic carbocycles. The zero-order chi connectivity index (χ0) is 17.4. The molecule has 0 aliphatic heterocycles. The fourth-order valence-corrected chi connectivity index (χ4v) is 5.55. The van der Waals surface area contributed by atoms with Gasteiger partial charge in [0.25, 0.3) is 5.56 Å². The number of nitrogens with zero attached hydrogens (tertiary/aromatic N) is 3. The highest BCUT2D eigenvalue weighted by molar-refractivity contribution is 7.98. The smallest absolute Gasteiger partial charge is 0.263 e. The van der Waals surface area contributed by atoms with Crippen LogP contribution in [0.1, 0.15) is 47.9 Å². The van der Waals surface area contributed by atoms with E-state index < -0.39 is 0 Å². The molecule has 0 N–H and O–H groups in total. The normalized spacial score (nSPS) is 15.3. The number of pyridine rings is 1. The van der Waals surface area contributed by atoms with Crippen molar-refractivity contribution in [2.75, 3.05) is 0 Å². The van der Waals surface area contributed by atoms with E-state index in [0.29, 0.717) is 0 Å². The minimum absolute atomic E-state index is 0.141. The molecule has 1 aliphatic rings. The molecule has 25 heavy (non-hydrogen) atoms. The molecule has 1 aliphatic carbocycles. The van der Waals surface area contributed by atoms with Crippen LogP contribution in [0.2, 0.25) is 0 Å². The number of hydrogen-bond donors (Lipinski definition) is 0. The van der Waals surface area contributed by atoms with Gasteiger partial charge in [0.1, 0.15) is 4.83 Å². The summed E-state index contributed by atoms with van der Waals surface area (Å²) in [5.74, 6) is 0.731. The Hall–Kier alpha value is -1.66. The van der Waals surface area contributed by atoms with Gasteiger partial charge in [-0.1, -0.05) is 30.7 Å². The third-order valence-electron chi connectivity index (χ3n) is 4.97. The van der Waals surface area contributed by atoms with Crippen LogP contribution in [0.25, 0.3) is 10.2 Å². The van der Waals surface area contributed by atoms with Crippen molar-refractivity contribution in [1.29, 1.82) is 0 Å². The van der Waals surface area contributed by atoms with E-state index in [0.717, 1.165) is 45.2 Å². The summed E-state index contributed by atoms with van der Waals surface area (Å²) in [6.45, 7) is 4.11. The topological polar surface area (TPSA) is 47.8 Å². The molecular weight excluding hydrogens is 350 g/mol. The predicted octanol–water partition coefficient (Wildman–Crippen LogP) is 4.88. The standard InChI is InChI=1S/C19H21N3OS2/c1-12-13(2)25-17-16(12)18(23)22(15-8-3-4-9-15)19(21-17)24-11-14-7-5-6-10-20-14/h5-7,10,15H,3-4,8-9,11H2,1-2H3. The lowest BCUT2D eigenvalue weighted by Gasteiger charge is -2.18. The number of aryl methyl sites for hydroxylation is 2. The number of rotatable bonds is 4. The van der Waals surface area contributed by atoms with Gasteiger partial charge in [-0.15, -0.1) is 11.3 Å². The van der Waals surface area contributed by atoms with Crippen molar-refractivity contribution in [2.45, 2.75) is 56.5 Å². The second-order valence-electron chi connectivity index (χ2n) is 6.58. The molecule has 3 aromatic rings. The van der Waals surface area contributed by atoms with E-state index in [9.17, 15) is 4.79 Å². The van der Waals surface area contributed by atoms with Gasteiger partial charge in [0, 0.05) is 22.9 Å². The number of thiophene rings is 1. The number of fused-ring (bicyclic) bond motifs is 1. The average molecular weight is 372 g/mol. The Morgan fingerprint density at radius 3 is 2.80 bits per heavy atom. The lowest BCUT2D eigenvalue weighted by atomic mass is 10.2. The van der Waals surface area contributed by atoms with Crippen LogP contribution in [-0.4, -0.2) is 14.5 Å². The quantitative estimate of drug-likeness (QED) is 0.484. The fraction of sp³-hybridized carbons (Fsp3) is 0.421. The van der Waals surface area contributed by atoms with Crippen molar-refractivity contribution in [2.24, 2.45) is 0 Å². The lowest BCUT2D eigenvalue weighted by Crippen LogP contribution is -2.26. The van der Waals surface area contributed by atoms with E-state index in [1.165, 1.54) is 17.7 Å². The van der Waals surface area contributed by atoms with E-state index in [1.807, 2.05) is 35.9 Å². The summed E-state index contributed by atoms with van der Waals surface area (Å²) >= 11 is 3.25. The zero-order valence-corrected chi connectivity index (χ0v) is 16.1. The van der Waals surface area contributed by atoms with E-state index in [-0.39, 0.29) is 11.6 Å². The average Bonchev–Trinajstić information content (AvgIpc) is 3.23. The molecule has 1 fully saturated rings. The van der Waals surface area contributed by atoms with Gasteiger partial charge in [0.2, 0.25) is 0 Å². The Kier molecular flexibility index (Phi) is 4.65. The van der Waals surface area contributed by atoms with Crippen molar-refractivity contribution in [3.63, 3.8) is 0 Å². The Bertz CT molecular complexity index is 956. The summed E-state index contributed by atoms with van der Waals surface area (Å²) in [6.07, 6.45) is 6.35. The minimum Gasteiger partial charge on any atom is -0.284 e. The summed E-state index contributed by atoms with van der Waals surface area (Å²) < 4.78 is 1.97. The number of hydrogen-bond acceptors (Lipinski definition) is 5. The van der Waals surface area contributed by atoms with Gasteiger partial charge >= 0.3 is 0 Å². The first-order valence-corrected chi connectivity index (χ1v) is 10.5. The maximum Gasteiger partial charge on any atom is 0.263 e. The van der Waals surface area contributed by atoms with Crippen molar-refractivity contribution < 1.29 is 0 Å². The van der Waals surface area contributed by atoms with Gasteiger partial charge in [0.05, 0.1) is 11.1 Å². The second-order valence-corrected chi connectivity index (χ2v) is 8.73. The Balaban J connectivity index is 1.80. The molecule has 4 nitrogen and oxygen atoms in total. The molecule has 0 atom stereocenters. The van der Waals surface area contributed by atoms with Crippen LogP contribution in [-0.2, 0) is 5.75 Å². The van der Waals surface area contributed by atoms with E-state index in [1.54, 1.807) is 23.1 Å². The summed E-state index contributed by atoms with van der Waals surface area (Å²) in [5, 5.41) is 1.66.